The minimum atomic E-state index is -0.182. The number of carbonyl (C=O) groups is 2. The first-order chi connectivity index (χ1) is 14.0. The Kier molecular flexibility index (Phi) is 6.76. The van der Waals surface area contributed by atoms with Crippen LogP contribution in [0.3, 0.4) is 0 Å². The highest BCUT2D eigenvalue weighted by Crippen LogP contribution is 2.16. The predicted octanol–water partition coefficient (Wildman–Crippen LogP) is 3.97. The fourth-order valence-corrected chi connectivity index (χ4v) is 3.02. The van der Waals surface area contributed by atoms with E-state index in [4.69, 9.17) is 0 Å². The summed E-state index contributed by atoms with van der Waals surface area (Å²) in [5.74, 6) is -0.334. The van der Waals surface area contributed by atoms with Crippen LogP contribution in [0.5, 0.6) is 0 Å². The van der Waals surface area contributed by atoms with Crippen molar-refractivity contribution in [1.29, 1.82) is 0 Å². The molecule has 3 aromatic rings. The van der Waals surface area contributed by atoms with E-state index in [1.807, 2.05) is 67.5 Å². The van der Waals surface area contributed by atoms with Crippen molar-refractivity contribution in [2.24, 2.45) is 0 Å². The number of nitrogens with zero attached hydrogens (tertiary/aromatic N) is 1. The minimum Gasteiger partial charge on any atom is -0.344 e. The van der Waals surface area contributed by atoms with Crippen LogP contribution in [0, 0.1) is 0 Å². The van der Waals surface area contributed by atoms with Crippen LogP contribution in [-0.4, -0.2) is 37.4 Å². The molecule has 0 spiro atoms. The zero-order valence-corrected chi connectivity index (χ0v) is 16.6. The van der Waals surface area contributed by atoms with Crippen LogP contribution in [0.2, 0.25) is 0 Å². The quantitative estimate of drug-likeness (QED) is 0.645. The van der Waals surface area contributed by atoms with Crippen LogP contribution in [0.15, 0.2) is 84.9 Å². The maximum absolute atomic E-state index is 12.7. The van der Waals surface area contributed by atoms with E-state index in [1.54, 1.807) is 36.4 Å². The Bertz CT molecular complexity index is 939. The van der Waals surface area contributed by atoms with Crippen LogP contribution in [0.4, 0.5) is 5.69 Å². The summed E-state index contributed by atoms with van der Waals surface area (Å²) in [5.41, 5.74) is 2.83. The van der Waals surface area contributed by atoms with Gasteiger partial charge in [-0.05, 0) is 56.1 Å². The SMILES string of the molecule is CN(C)C[C@@H](NC(=O)c1ccc(NC(=O)c2ccccc2)cc1)c1ccccc1. The Hall–Kier alpha value is -3.44. The lowest BCUT2D eigenvalue weighted by Gasteiger charge is -2.23. The average Bonchev–Trinajstić information content (AvgIpc) is 2.74. The molecule has 0 heterocycles. The number of carbonyl (C=O) groups excluding carboxylic acids is 2. The molecule has 5 nitrogen and oxygen atoms in total. The molecule has 0 bridgehead atoms. The molecule has 0 aliphatic heterocycles. The monoisotopic (exact) mass is 387 g/mol. The Morgan fingerprint density at radius 1 is 0.759 bits per heavy atom. The molecule has 0 saturated heterocycles. The largest absolute Gasteiger partial charge is 0.344 e. The average molecular weight is 387 g/mol. The van der Waals surface area contributed by atoms with Gasteiger partial charge in [0, 0.05) is 23.4 Å². The van der Waals surface area contributed by atoms with Crippen molar-refractivity contribution in [1.82, 2.24) is 10.2 Å². The number of nitrogens with one attached hydrogen (secondary N) is 2. The molecular formula is C24H25N3O2. The van der Waals surface area contributed by atoms with E-state index in [0.29, 0.717) is 23.4 Å². The summed E-state index contributed by atoms with van der Waals surface area (Å²) >= 11 is 0. The van der Waals surface area contributed by atoms with E-state index in [9.17, 15) is 9.59 Å². The van der Waals surface area contributed by atoms with Crippen molar-refractivity contribution in [3.8, 4) is 0 Å². The van der Waals surface area contributed by atoms with Crippen molar-refractivity contribution in [3.63, 3.8) is 0 Å². The summed E-state index contributed by atoms with van der Waals surface area (Å²) in [6.07, 6.45) is 0. The number of amides is 2. The Labute approximate surface area is 171 Å². The first kappa shape index (κ1) is 20.3. The molecule has 1 atom stereocenters. The van der Waals surface area contributed by atoms with E-state index in [2.05, 4.69) is 10.6 Å². The zero-order valence-electron chi connectivity index (χ0n) is 16.6. The zero-order chi connectivity index (χ0) is 20.6. The lowest BCUT2D eigenvalue weighted by molar-refractivity contribution is 0.0929. The van der Waals surface area contributed by atoms with Gasteiger partial charge in [0.1, 0.15) is 0 Å². The molecule has 3 aromatic carbocycles. The van der Waals surface area contributed by atoms with Gasteiger partial charge in [-0.3, -0.25) is 9.59 Å². The highest BCUT2D eigenvalue weighted by Gasteiger charge is 2.16. The maximum Gasteiger partial charge on any atom is 0.255 e. The molecule has 29 heavy (non-hydrogen) atoms. The van der Waals surface area contributed by atoms with Gasteiger partial charge < -0.3 is 15.5 Å². The number of benzene rings is 3. The van der Waals surface area contributed by atoms with Gasteiger partial charge in [-0.2, -0.15) is 0 Å². The first-order valence-electron chi connectivity index (χ1n) is 9.50. The molecule has 0 aliphatic rings. The third-order valence-corrected chi connectivity index (χ3v) is 4.50. The standard InChI is InChI=1S/C24H25N3O2/c1-27(2)17-22(18-9-5-3-6-10-18)26-24(29)20-13-15-21(16-14-20)25-23(28)19-11-7-4-8-12-19/h3-16,22H,17H2,1-2H3,(H,25,28)(H,26,29)/t22-/m1/s1. The van der Waals surface area contributed by atoms with Crippen LogP contribution < -0.4 is 10.6 Å². The van der Waals surface area contributed by atoms with Gasteiger partial charge in [-0.1, -0.05) is 48.5 Å². The molecule has 2 amide bonds. The lowest BCUT2D eigenvalue weighted by Crippen LogP contribution is -2.35. The van der Waals surface area contributed by atoms with Gasteiger partial charge in [0.25, 0.3) is 11.8 Å². The van der Waals surface area contributed by atoms with E-state index in [-0.39, 0.29) is 17.9 Å². The van der Waals surface area contributed by atoms with Crippen LogP contribution in [0.25, 0.3) is 0 Å². The number of likely N-dealkylation sites (N-methyl/N-ethyl adjacent to an activating group) is 1. The topological polar surface area (TPSA) is 61.4 Å². The van der Waals surface area contributed by atoms with Gasteiger partial charge in [0.15, 0.2) is 0 Å². The molecule has 148 valence electrons. The lowest BCUT2D eigenvalue weighted by atomic mass is 10.1. The fraction of sp³-hybridized carbons (Fsp3) is 0.167. The highest BCUT2D eigenvalue weighted by molar-refractivity contribution is 6.04. The summed E-state index contributed by atoms with van der Waals surface area (Å²) in [6.45, 7) is 0.695. The van der Waals surface area contributed by atoms with Crippen molar-refractivity contribution in [2.75, 3.05) is 26.0 Å². The number of rotatable bonds is 7. The summed E-state index contributed by atoms with van der Waals surface area (Å²) in [6, 6.07) is 25.7. The summed E-state index contributed by atoms with van der Waals surface area (Å²) < 4.78 is 0. The third-order valence-electron chi connectivity index (χ3n) is 4.50. The Balaban J connectivity index is 1.66. The van der Waals surface area contributed by atoms with Gasteiger partial charge in [0.2, 0.25) is 0 Å². The molecule has 0 fully saturated rings. The van der Waals surface area contributed by atoms with Gasteiger partial charge in [0.05, 0.1) is 6.04 Å². The fourth-order valence-electron chi connectivity index (χ4n) is 3.02. The minimum absolute atomic E-state index is 0.115. The number of hydrogen-bond acceptors (Lipinski definition) is 3. The normalized spacial score (nSPS) is 11.7. The van der Waals surface area contributed by atoms with Crippen molar-refractivity contribution in [3.05, 3.63) is 102 Å². The van der Waals surface area contributed by atoms with E-state index in [1.165, 1.54) is 0 Å². The van der Waals surface area contributed by atoms with Crippen molar-refractivity contribution < 1.29 is 9.59 Å². The summed E-state index contributed by atoms with van der Waals surface area (Å²) in [5, 5.41) is 5.94. The number of anilines is 1. The predicted molar refractivity (Wildman–Crippen MR) is 116 cm³/mol. The van der Waals surface area contributed by atoms with E-state index < -0.39 is 0 Å². The second-order valence-electron chi connectivity index (χ2n) is 7.10. The molecular weight excluding hydrogens is 362 g/mol. The summed E-state index contributed by atoms with van der Waals surface area (Å²) in [4.78, 5) is 27.0. The van der Waals surface area contributed by atoms with Crippen molar-refractivity contribution >= 4 is 17.5 Å². The Morgan fingerprint density at radius 2 is 1.31 bits per heavy atom. The van der Waals surface area contributed by atoms with Crippen LogP contribution >= 0.6 is 0 Å². The van der Waals surface area contributed by atoms with Gasteiger partial charge in [-0.15, -0.1) is 0 Å². The second kappa shape index (κ2) is 9.66. The summed E-state index contributed by atoms with van der Waals surface area (Å²) in [7, 11) is 3.96. The number of hydrogen-bond donors (Lipinski definition) is 2. The van der Waals surface area contributed by atoms with E-state index in [0.717, 1.165) is 5.56 Å². The molecule has 2 N–H and O–H groups in total. The van der Waals surface area contributed by atoms with Gasteiger partial charge in [-0.25, -0.2) is 0 Å². The first-order valence-corrected chi connectivity index (χ1v) is 9.50. The molecule has 5 heteroatoms. The molecule has 0 aliphatic carbocycles. The Morgan fingerprint density at radius 3 is 1.90 bits per heavy atom. The third kappa shape index (κ3) is 5.77. The smallest absolute Gasteiger partial charge is 0.255 e. The van der Waals surface area contributed by atoms with Crippen LogP contribution in [-0.2, 0) is 0 Å². The molecule has 0 radical (unpaired) electrons. The molecule has 0 aromatic heterocycles. The molecule has 0 saturated carbocycles. The van der Waals surface area contributed by atoms with Crippen molar-refractivity contribution in [2.45, 2.75) is 6.04 Å². The van der Waals surface area contributed by atoms with Gasteiger partial charge >= 0.3 is 0 Å². The van der Waals surface area contributed by atoms with E-state index >= 15 is 0 Å². The highest BCUT2D eigenvalue weighted by atomic mass is 16.2. The second-order valence-corrected chi connectivity index (χ2v) is 7.10. The molecule has 3 rings (SSSR count). The molecule has 0 unspecified atom stereocenters. The van der Waals surface area contributed by atoms with Crippen LogP contribution in [0.1, 0.15) is 32.3 Å². The maximum atomic E-state index is 12.7.